The van der Waals surface area contributed by atoms with Crippen molar-refractivity contribution in [3.05, 3.63) is 105 Å². The molecule has 0 aliphatic rings. The van der Waals surface area contributed by atoms with E-state index in [-0.39, 0.29) is 5.91 Å². The maximum Gasteiger partial charge on any atom is 0.257 e. The molecule has 0 radical (unpaired) electrons. The highest BCUT2D eigenvalue weighted by Crippen LogP contribution is 2.26. The van der Waals surface area contributed by atoms with Crippen LogP contribution in [0.5, 0.6) is 0 Å². The Balaban J connectivity index is 1.42. The predicted octanol–water partition coefficient (Wildman–Crippen LogP) is 6.26. The lowest BCUT2D eigenvalue weighted by atomic mass is 10.0. The van der Waals surface area contributed by atoms with E-state index in [1.54, 1.807) is 0 Å². The van der Waals surface area contributed by atoms with Crippen LogP contribution >= 0.6 is 33.9 Å². The molecule has 0 unspecified atom stereocenters. The van der Waals surface area contributed by atoms with E-state index in [9.17, 15) is 4.79 Å². The minimum absolute atomic E-state index is 0.144. The number of anilines is 1. The fraction of sp³-hybridized carbons (Fsp3) is 0.0435. The molecule has 0 saturated heterocycles. The zero-order chi connectivity index (χ0) is 19.3. The Hall–Kier alpha value is -2.51. The molecule has 3 aromatic carbocycles. The number of aromatic nitrogens is 1. The van der Waals surface area contributed by atoms with Crippen molar-refractivity contribution in [2.75, 3.05) is 5.32 Å². The van der Waals surface area contributed by atoms with Gasteiger partial charge in [0.2, 0.25) is 0 Å². The summed E-state index contributed by atoms with van der Waals surface area (Å²) in [6, 6.07) is 26.2. The van der Waals surface area contributed by atoms with Crippen LogP contribution in [0.25, 0.3) is 11.3 Å². The number of nitrogens with one attached hydrogen (secondary N) is 1. The standard InChI is InChI=1S/C23H17IN2OS/c24-20-12-10-18(11-13-20)21-15-28-23(25-21)26-22(27)19-8-6-17(7-9-19)14-16-4-2-1-3-5-16/h1-13,15H,14H2,(H,25,26,27). The molecule has 138 valence electrons. The first-order valence-electron chi connectivity index (χ1n) is 8.83. The van der Waals surface area contributed by atoms with Gasteiger partial charge in [0, 0.05) is 20.1 Å². The van der Waals surface area contributed by atoms with Crippen molar-refractivity contribution in [2.24, 2.45) is 0 Å². The topological polar surface area (TPSA) is 42.0 Å². The first kappa shape index (κ1) is 18.8. The molecule has 0 aliphatic heterocycles. The Kier molecular flexibility index (Phi) is 5.83. The summed E-state index contributed by atoms with van der Waals surface area (Å²) >= 11 is 3.71. The van der Waals surface area contributed by atoms with Gasteiger partial charge >= 0.3 is 0 Å². The lowest BCUT2D eigenvalue weighted by Crippen LogP contribution is -2.11. The van der Waals surface area contributed by atoms with Crippen molar-refractivity contribution in [1.29, 1.82) is 0 Å². The third-order valence-electron chi connectivity index (χ3n) is 4.33. The minimum atomic E-state index is -0.144. The van der Waals surface area contributed by atoms with Crippen LogP contribution in [0, 0.1) is 3.57 Å². The van der Waals surface area contributed by atoms with Crippen molar-refractivity contribution in [1.82, 2.24) is 4.98 Å². The molecule has 1 aromatic heterocycles. The number of carbonyl (C=O) groups excluding carboxylic acids is 1. The Morgan fingerprint density at radius 2 is 1.57 bits per heavy atom. The first-order valence-corrected chi connectivity index (χ1v) is 10.8. The van der Waals surface area contributed by atoms with E-state index in [1.165, 1.54) is 26.0 Å². The SMILES string of the molecule is O=C(Nc1nc(-c2ccc(I)cc2)cs1)c1ccc(Cc2ccccc2)cc1. The molecule has 1 N–H and O–H groups in total. The predicted molar refractivity (Wildman–Crippen MR) is 124 cm³/mol. The maximum atomic E-state index is 12.5. The zero-order valence-electron chi connectivity index (χ0n) is 14.9. The molecule has 4 rings (SSSR count). The largest absolute Gasteiger partial charge is 0.298 e. The number of benzene rings is 3. The number of halogens is 1. The van der Waals surface area contributed by atoms with Gasteiger partial charge in [0.1, 0.15) is 0 Å². The lowest BCUT2D eigenvalue weighted by Gasteiger charge is -2.05. The third-order valence-corrected chi connectivity index (χ3v) is 5.81. The number of hydrogen-bond acceptors (Lipinski definition) is 3. The number of hydrogen-bond donors (Lipinski definition) is 1. The molecule has 1 heterocycles. The third kappa shape index (κ3) is 4.66. The normalized spacial score (nSPS) is 10.6. The second-order valence-electron chi connectivity index (χ2n) is 6.36. The zero-order valence-corrected chi connectivity index (χ0v) is 17.9. The van der Waals surface area contributed by atoms with Crippen LogP contribution in [-0.2, 0) is 6.42 Å². The van der Waals surface area contributed by atoms with Gasteiger partial charge in [0.05, 0.1) is 5.69 Å². The lowest BCUT2D eigenvalue weighted by molar-refractivity contribution is 0.102. The van der Waals surface area contributed by atoms with Crippen LogP contribution in [0.15, 0.2) is 84.2 Å². The van der Waals surface area contributed by atoms with E-state index in [2.05, 4.69) is 45.0 Å². The smallest absolute Gasteiger partial charge is 0.257 e. The molecular weight excluding hydrogens is 479 g/mol. The van der Waals surface area contributed by atoms with Gasteiger partial charge in [-0.2, -0.15) is 0 Å². The summed E-state index contributed by atoms with van der Waals surface area (Å²) in [5, 5.41) is 5.46. The molecule has 0 bridgehead atoms. The monoisotopic (exact) mass is 496 g/mol. The number of rotatable bonds is 5. The molecule has 0 atom stereocenters. The van der Waals surface area contributed by atoms with Crippen LogP contribution in [-0.4, -0.2) is 10.9 Å². The summed E-state index contributed by atoms with van der Waals surface area (Å²) in [5.41, 5.74) is 4.98. The molecule has 4 aromatic rings. The van der Waals surface area contributed by atoms with Gasteiger partial charge in [-0.15, -0.1) is 11.3 Å². The molecular formula is C23H17IN2OS. The highest BCUT2D eigenvalue weighted by atomic mass is 127. The number of carbonyl (C=O) groups is 1. The van der Waals surface area contributed by atoms with E-state index < -0.39 is 0 Å². The van der Waals surface area contributed by atoms with Gasteiger partial charge in [-0.25, -0.2) is 4.98 Å². The Morgan fingerprint density at radius 1 is 0.893 bits per heavy atom. The summed E-state index contributed by atoms with van der Waals surface area (Å²) in [5.74, 6) is -0.144. The van der Waals surface area contributed by atoms with Crippen LogP contribution in [0.3, 0.4) is 0 Å². The second-order valence-corrected chi connectivity index (χ2v) is 8.46. The summed E-state index contributed by atoms with van der Waals surface area (Å²) in [7, 11) is 0. The van der Waals surface area contributed by atoms with Gasteiger partial charge in [-0.3, -0.25) is 10.1 Å². The summed E-state index contributed by atoms with van der Waals surface area (Å²) in [4.78, 5) is 17.1. The van der Waals surface area contributed by atoms with Crippen molar-refractivity contribution in [3.8, 4) is 11.3 Å². The highest BCUT2D eigenvalue weighted by Gasteiger charge is 2.10. The Bertz CT molecular complexity index is 1070. The van der Waals surface area contributed by atoms with Crippen molar-refractivity contribution < 1.29 is 4.79 Å². The molecule has 5 heteroatoms. The van der Waals surface area contributed by atoms with E-state index in [0.717, 1.165) is 17.7 Å². The maximum absolute atomic E-state index is 12.5. The van der Waals surface area contributed by atoms with Crippen LogP contribution in [0.1, 0.15) is 21.5 Å². The van der Waals surface area contributed by atoms with Gasteiger partial charge in [0.25, 0.3) is 5.91 Å². The highest BCUT2D eigenvalue weighted by molar-refractivity contribution is 14.1. The molecule has 0 saturated carbocycles. The van der Waals surface area contributed by atoms with E-state index >= 15 is 0 Å². The molecule has 0 fully saturated rings. The summed E-state index contributed by atoms with van der Waals surface area (Å²) in [6.45, 7) is 0. The fourth-order valence-electron chi connectivity index (χ4n) is 2.86. The first-order chi connectivity index (χ1) is 13.7. The van der Waals surface area contributed by atoms with Gasteiger partial charge in [-0.1, -0.05) is 54.6 Å². The van der Waals surface area contributed by atoms with Crippen molar-refractivity contribution in [2.45, 2.75) is 6.42 Å². The summed E-state index contributed by atoms with van der Waals surface area (Å²) < 4.78 is 1.18. The number of nitrogens with zero attached hydrogens (tertiary/aromatic N) is 1. The van der Waals surface area contributed by atoms with Gasteiger partial charge in [-0.05, 0) is 64.4 Å². The van der Waals surface area contributed by atoms with Crippen molar-refractivity contribution >= 4 is 45.0 Å². The van der Waals surface area contributed by atoms with Gasteiger partial charge < -0.3 is 0 Å². The molecule has 0 spiro atoms. The molecule has 0 aliphatic carbocycles. The van der Waals surface area contributed by atoms with E-state index in [0.29, 0.717) is 10.7 Å². The second kappa shape index (κ2) is 8.67. The van der Waals surface area contributed by atoms with Crippen LogP contribution in [0.2, 0.25) is 0 Å². The van der Waals surface area contributed by atoms with Crippen molar-refractivity contribution in [3.63, 3.8) is 0 Å². The van der Waals surface area contributed by atoms with E-state index in [4.69, 9.17) is 0 Å². The molecule has 3 nitrogen and oxygen atoms in total. The fourth-order valence-corrected chi connectivity index (χ4v) is 3.93. The Morgan fingerprint density at radius 3 is 2.29 bits per heavy atom. The average Bonchev–Trinajstić information content (AvgIpc) is 3.18. The molecule has 28 heavy (non-hydrogen) atoms. The summed E-state index contributed by atoms with van der Waals surface area (Å²) in [6.07, 6.45) is 0.856. The van der Waals surface area contributed by atoms with Crippen LogP contribution < -0.4 is 5.32 Å². The van der Waals surface area contributed by atoms with Crippen LogP contribution in [0.4, 0.5) is 5.13 Å². The number of amides is 1. The van der Waals surface area contributed by atoms with Gasteiger partial charge in [0.15, 0.2) is 5.13 Å². The van der Waals surface area contributed by atoms with E-state index in [1.807, 2.05) is 72.1 Å². The molecule has 1 amide bonds. The Labute approximate surface area is 181 Å². The number of thiazole rings is 1. The average molecular weight is 496 g/mol. The quantitative estimate of drug-likeness (QED) is 0.332. The minimum Gasteiger partial charge on any atom is -0.298 e.